The van der Waals surface area contributed by atoms with Gasteiger partial charge in [-0.05, 0) is 62.9 Å². The number of likely N-dealkylation sites (tertiary alicyclic amines) is 1. The van der Waals surface area contributed by atoms with Crippen LogP contribution < -0.4 is 0 Å². The Labute approximate surface area is 139 Å². The molecule has 2 heterocycles. The molecule has 1 aromatic carbocycles. The predicted molar refractivity (Wildman–Crippen MR) is 89.9 cm³/mol. The van der Waals surface area contributed by atoms with E-state index >= 15 is 0 Å². The molecule has 2 aliphatic heterocycles. The Morgan fingerprint density at radius 1 is 1.17 bits per heavy atom. The number of hydrogen-bond acceptors (Lipinski definition) is 4. The first-order chi connectivity index (χ1) is 11.0. The first kappa shape index (κ1) is 16.7. The fourth-order valence-corrected chi connectivity index (χ4v) is 5.36. The van der Waals surface area contributed by atoms with E-state index in [0.29, 0.717) is 6.54 Å². The lowest BCUT2D eigenvalue weighted by molar-refractivity contribution is 0.163. The maximum absolute atomic E-state index is 12.9. The minimum absolute atomic E-state index is 0.00756. The van der Waals surface area contributed by atoms with Crippen LogP contribution in [0.2, 0.25) is 0 Å². The van der Waals surface area contributed by atoms with E-state index in [4.69, 9.17) is 0 Å². The minimum atomic E-state index is -3.53. The third-order valence-electron chi connectivity index (χ3n) is 5.09. The molecule has 23 heavy (non-hydrogen) atoms. The van der Waals surface area contributed by atoms with Crippen molar-refractivity contribution in [2.75, 3.05) is 26.2 Å². The molecule has 5 nitrogen and oxygen atoms in total. The second kappa shape index (κ2) is 6.79. The van der Waals surface area contributed by atoms with Crippen LogP contribution in [0.4, 0.5) is 0 Å². The van der Waals surface area contributed by atoms with Gasteiger partial charge in [-0.25, -0.2) is 8.42 Å². The lowest BCUT2D eigenvalue weighted by atomic mass is 9.99. The van der Waals surface area contributed by atoms with E-state index in [2.05, 4.69) is 11.8 Å². The van der Waals surface area contributed by atoms with E-state index in [0.717, 1.165) is 38.4 Å². The highest BCUT2D eigenvalue weighted by Crippen LogP contribution is 2.29. The molecule has 128 valence electrons. The fourth-order valence-electron chi connectivity index (χ4n) is 3.63. The lowest BCUT2D eigenvalue weighted by Gasteiger charge is -2.34. The van der Waals surface area contributed by atoms with Crippen LogP contribution in [0.5, 0.6) is 5.75 Å². The van der Waals surface area contributed by atoms with Crippen molar-refractivity contribution in [3.63, 3.8) is 0 Å². The minimum Gasteiger partial charge on any atom is -0.508 e. The molecule has 0 amide bonds. The Morgan fingerprint density at radius 2 is 1.91 bits per heavy atom. The summed E-state index contributed by atoms with van der Waals surface area (Å²) >= 11 is 0. The number of phenolic OH excluding ortho intramolecular Hbond substituents is 1. The highest BCUT2D eigenvalue weighted by Gasteiger charge is 2.36. The van der Waals surface area contributed by atoms with Crippen molar-refractivity contribution < 1.29 is 13.5 Å². The third kappa shape index (κ3) is 3.70. The predicted octanol–water partition coefficient (Wildman–Crippen LogP) is 2.28. The average molecular weight is 338 g/mol. The van der Waals surface area contributed by atoms with Crippen molar-refractivity contribution in [2.45, 2.75) is 43.5 Å². The topological polar surface area (TPSA) is 60.9 Å². The molecule has 1 aromatic rings. The number of phenols is 1. The highest BCUT2D eigenvalue weighted by molar-refractivity contribution is 7.89. The summed E-state index contributed by atoms with van der Waals surface area (Å²) in [6.07, 6.45) is 4.23. The number of rotatable bonds is 4. The Morgan fingerprint density at radius 3 is 2.61 bits per heavy atom. The monoisotopic (exact) mass is 338 g/mol. The Hall–Kier alpha value is -1.11. The largest absolute Gasteiger partial charge is 0.508 e. The summed E-state index contributed by atoms with van der Waals surface area (Å²) in [5.41, 5.74) is 0. The third-order valence-corrected chi connectivity index (χ3v) is 7.04. The maximum atomic E-state index is 12.9. The normalized spacial score (nSPS) is 25.0. The van der Waals surface area contributed by atoms with E-state index in [-0.39, 0.29) is 16.7 Å². The summed E-state index contributed by atoms with van der Waals surface area (Å²) in [5, 5.41) is 9.58. The lowest BCUT2D eigenvalue weighted by Crippen LogP contribution is -2.45. The Bertz CT molecular complexity index is 639. The van der Waals surface area contributed by atoms with Crippen LogP contribution in [0.25, 0.3) is 0 Å². The van der Waals surface area contributed by atoms with Gasteiger partial charge in [-0.2, -0.15) is 4.31 Å². The first-order valence-electron chi connectivity index (χ1n) is 8.50. The van der Waals surface area contributed by atoms with Gasteiger partial charge in [0.15, 0.2) is 0 Å². The Balaban J connectivity index is 1.73. The molecule has 0 saturated carbocycles. The Kier molecular flexibility index (Phi) is 4.94. The summed E-state index contributed by atoms with van der Waals surface area (Å²) in [7, 11) is -3.53. The highest BCUT2D eigenvalue weighted by atomic mass is 32.2. The van der Waals surface area contributed by atoms with E-state index in [1.54, 1.807) is 16.4 Å². The van der Waals surface area contributed by atoms with Crippen LogP contribution in [-0.4, -0.2) is 55.0 Å². The fraction of sp³-hybridized carbons (Fsp3) is 0.647. The molecule has 2 saturated heterocycles. The number of aromatic hydroxyl groups is 1. The SMILES string of the molecule is CC1CCN(CC2CCCN2S(=O)(=O)c2cccc(O)c2)CC1. The zero-order chi connectivity index (χ0) is 16.4. The number of nitrogens with zero attached hydrogens (tertiary/aromatic N) is 2. The van der Waals surface area contributed by atoms with Crippen molar-refractivity contribution in [1.82, 2.24) is 9.21 Å². The molecule has 0 radical (unpaired) electrons. The van der Waals surface area contributed by atoms with Crippen molar-refractivity contribution >= 4 is 10.0 Å². The van der Waals surface area contributed by atoms with Gasteiger partial charge in [-0.1, -0.05) is 13.0 Å². The molecule has 1 atom stereocenters. The summed E-state index contributed by atoms with van der Waals surface area (Å²) in [6.45, 7) is 5.82. The molecule has 0 aromatic heterocycles. The molecule has 1 N–H and O–H groups in total. The molecule has 2 fully saturated rings. The van der Waals surface area contributed by atoms with Crippen LogP contribution in [0.15, 0.2) is 29.2 Å². The van der Waals surface area contributed by atoms with Gasteiger partial charge in [-0.15, -0.1) is 0 Å². The van der Waals surface area contributed by atoms with Gasteiger partial charge in [-0.3, -0.25) is 0 Å². The second-order valence-corrected chi connectivity index (χ2v) is 8.78. The van der Waals surface area contributed by atoms with Gasteiger partial charge in [0.2, 0.25) is 10.0 Å². The van der Waals surface area contributed by atoms with Crippen molar-refractivity contribution in [3.8, 4) is 5.75 Å². The molecule has 0 aliphatic carbocycles. The zero-order valence-electron chi connectivity index (χ0n) is 13.7. The van der Waals surface area contributed by atoms with Gasteiger partial charge < -0.3 is 10.0 Å². The molecular weight excluding hydrogens is 312 g/mol. The van der Waals surface area contributed by atoms with E-state index in [9.17, 15) is 13.5 Å². The number of piperidine rings is 1. The average Bonchev–Trinajstić information content (AvgIpc) is 2.98. The number of sulfonamides is 1. The van der Waals surface area contributed by atoms with Crippen molar-refractivity contribution in [3.05, 3.63) is 24.3 Å². The second-order valence-electron chi connectivity index (χ2n) is 6.89. The van der Waals surface area contributed by atoms with E-state index < -0.39 is 10.0 Å². The molecule has 1 unspecified atom stereocenters. The molecule has 2 aliphatic rings. The van der Waals surface area contributed by atoms with Gasteiger partial charge in [0, 0.05) is 19.1 Å². The van der Waals surface area contributed by atoms with Gasteiger partial charge >= 0.3 is 0 Å². The number of hydrogen-bond donors (Lipinski definition) is 1. The van der Waals surface area contributed by atoms with Crippen molar-refractivity contribution in [2.24, 2.45) is 5.92 Å². The van der Waals surface area contributed by atoms with E-state index in [1.807, 2.05) is 0 Å². The zero-order valence-corrected chi connectivity index (χ0v) is 14.5. The molecule has 6 heteroatoms. The summed E-state index contributed by atoms with van der Waals surface area (Å²) in [5.74, 6) is 0.772. The summed E-state index contributed by atoms with van der Waals surface area (Å²) < 4.78 is 27.4. The summed E-state index contributed by atoms with van der Waals surface area (Å²) in [4.78, 5) is 2.60. The summed E-state index contributed by atoms with van der Waals surface area (Å²) in [6, 6.07) is 6.03. The molecule has 0 spiro atoms. The smallest absolute Gasteiger partial charge is 0.243 e. The maximum Gasteiger partial charge on any atom is 0.243 e. The first-order valence-corrected chi connectivity index (χ1v) is 9.94. The van der Waals surface area contributed by atoms with Gasteiger partial charge in [0.05, 0.1) is 4.90 Å². The van der Waals surface area contributed by atoms with Crippen LogP contribution in [0, 0.1) is 5.92 Å². The molecule has 3 rings (SSSR count). The molecule has 0 bridgehead atoms. The van der Waals surface area contributed by atoms with Crippen LogP contribution in [0.1, 0.15) is 32.6 Å². The number of benzene rings is 1. The van der Waals surface area contributed by atoms with Crippen LogP contribution in [-0.2, 0) is 10.0 Å². The van der Waals surface area contributed by atoms with Gasteiger partial charge in [0.1, 0.15) is 5.75 Å². The van der Waals surface area contributed by atoms with Gasteiger partial charge in [0.25, 0.3) is 0 Å². The van der Waals surface area contributed by atoms with E-state index in [1.165, 1.54) is 25.0 Å². The quantitative estimate of drug-likeness (QED) is 0.915. The molecular formula is C17H26N2O3S. The van der Waals surface area contributed by atoms with Crippen molar-refractivity contribution in [1.29, 1.82) is 0 Å². The van der Waals surface area contributed by atoms with Crippen LogP contribution >= 0.6 is 0 Å². The standard InChI is InChI=1S/C17H26N2O3S/c1-14-7-10-18(11-8-14)13-15-4-3-9-19(15)23(21,22)17-6-2-5-16(20)12-17/h2,5-6,12,14-15,20H,3-4,7-11,13H2,1H3. The van der Waals surface area contributed by atoms with Crippen LogP contribution in [0.3, 0.4) is 0 Å².